The van der Waals surface area contributed by atoms with E-state index in [1.165, 1.54) is 6.21 Å². The quantitative estimate of drug-likeness (QED) is 0.449. The maximum Gasteiger partial charge on any atom is 0.332 e. The summed E-state index contributed by atoms with van der Waals surface area (Å²) < 4.78 is 0. The lowest BCUT2D eigenvalue weighted by atomic mass is 10.1. The summed E-state index contributed by atoms with van der Waals surface area (Å²) in [6, 6.07) is 5.69. The van der Waals surface area contributed by atoms with E-state index in [1.54, 1.807) is 12.1 Å². The third kappa shape index (κ3) is 5.31. The first-order chi connectivity index (χ1) is 8.99. The maximum absolute atomic E-state index is 10.6. The van der Waals surface area contributed by atoms with E-state index in [1.807, 2.05) is 24.5 Å². The summed E-state index contributed by atoms with van der Waals surface area (Å²) in [6.45, 7) is 1.94. The molecule has 1 aromatic carbocycles. The second-order valence-electron chi connectivity index (χ2n) is 3.57. The minimum Gasteiger partial charge on any atom is -0.350 e. The lowest BCUT2D eigenvalue weighted by Gasteiger charge is -2.02. The molecule has 0 fully saturated rings. The Morgan fingerprint density at radius 2 is 1.68 bits per heavy atom. The molecule has 0 saturated heterocycles. The highest BCUT2D eigenvalue weighted by molar-refractivity contribution is 6.38. The molecule has 1 rings (SSSR count). The Kier molecular flexibility index (Phi) is 5.03. The van der Waals surface area contributed by atoms with Crippen LogP contribution in [0.25, 0.3) is 0 Å². The number of nitrogens with zero attached hydrogens (tertiary/aromatic N) is 2. The second-order valence-corrected chi connectivity index (χ2v) is 3.57. The van der Waals surface area contributed by atoms with Crippen molar-refractivity contribution in [1.82, 2.24) is 10.9 Å². The number of hydrogen-bond donors (Lipinski definition) is 4. The van der Waals surface area contributed by atoms with E-state index < -0.39 is 12.1 Å². The molecule has 0 spiro atoms. The smallest absolute Gasteiger partial charge is 0.332 e. The van der Waals surface area contributed by atoms with Crippen LogP contribution in [0.15, 0.2) is 34.5 Å². The minimum absolute atomic E-state index is 0.313. The third-order valence-electron chi connectivity index (χ3n) is 2.00. The normalized spacial score (nSPS) is 11.3. The number of carbonyl (C=O) groups is 2. The van der Waals surface area contributed by atoms with Crippen LogP contribution in [0.5, 0.6) is 0 Å². The van der Waals surface area contributed by atoms with Gasteiger partial charge in [0.15, 0.2) is 0 Å². The number of nitrogens with one attached hydrogen (secondary N) is 2. The van der Waals surface area contributed by atoms with Gasteiger partial charge in [-0.25, -0.2) is 20.4 Å². The van der Waals surface area contributed by atoms with Gasteiger partial charge in [-0.3, -0.25) is 0 Å². The molecule has 100 valence electrons. The van der Waals surface area contributed by atoms with Gasteiger partial charge in [0, 0.05) is 5.56 Å². The molecule has 4 amide bonds. The monoisotopic (exact) mass is 262 g/mol. The molecule has 0 unspecified atom stereocenters. The Hall–Kier alpha value is -2.90. The zero-order chi connectivity index (χ0) is 14.3. The van der Waals surface area contributed by atoms with Crippen LogP contribution in [0, 0.1) is 6.92 Å². The SMILES string of the molecule is Cc1ccc(C(/C=N/NC(N)=O)=N\NC(N)=O)cc1. The number of urea groups is 2. The Labute approximate surface area is 109 Å². The highest BCUT2D eigenvalue weighted by Crippen LogP contribution is 2.03. The van der Waals surface area contributed by atoms with Crippen LogP contribution in [0.3, 0.4) is 0 Å². The van der Waals surface area contributed by atoms with Crippen LogP contribution in [-0.4, -0.2) is 24.0 Å². The summed E-state index contributed by atoms with van der Waals surface area (Å²) in [5, 5.41) is 7.35. The van der Waals surface area contributed by atoms with Gasteiger partial charge < -0.3 is 11.5 Å². The molecule has 19 heavy (non-hydrogen) atoms. The van der Waals surface area contributed by atoms with Gasteiger partial charge in [-0.2, -0.15) is 10.2 Å². The first-order valence-electron chi connectivity index (χ1n) is 5.27. The first-order valence-corrected chi connectivity index (χ1v) is 5.27. The van der Waals surface area contributed by atoms with Gasteiger partial charge in [-0.1, -0.05) is 29.8 Å². The van der Waals surface area contributed by atoms with Gasteiger partial charge in [0.25, 0.3) is 0 Å². The molecule has 0 aliphatic heterocycles. The zero-order valence-corrected chi connectivity index (χ0v) is 10.3. The number of carbonyl (C=O) groups excluding carboxylic acids is 2. The van der Waals surface area contributed by atoms with Gasteiger partial charge in [0.2, 0.25) is 0 Å². The standard InChI is InChI=1S/C11H14N6O2/c1-7-2-4-8(5-3-7)9(15-17-11(13)19)6-14-16-10(12)18/h2-6H,1H3,(H3,12,16,18)(H3,13,17,19)/b14-6+,15-9-. The van der Waals surface area contributed by atoms with E-state index >= 15 is 0 Å². The van der Waals surface area contributed by atoms with Crippen molar-refractivity contribution in [2.45, 2.75) is 6.92 Å². The third-order valence-corrected chi connectivity index (χ3v) is 2.00. The Morgan fingerprint density at radius 3 is 2.21 bits per heavy atom. The lowest BCUT2D eigenvalue weighted by Crippen LogP contribution is -2.27. The van der Waals surface area contributed by atoms with Gasteiger partial charge in [0.05, 0.1) is 6.21 Å². The number of aryl methyl sites for hydroxylation is 1. The highest BCUT2D eigenvalue weighted by atomic mass is 16.2. The number of nitrogens with two attached hydrogens (primary N) is 2. The Balaban J connectivity index is 2.94. The number of hydrazone groups is 2. The van der Waals surface area contributed by atoms with Crippen LogP contribution in [0.2, 0.25) is 0 Å². The van der Waals surface area contributed by atoms with Crippen LogP contribution < -0.4 is 22.3 Å². The van der Waals surface area contributed by atoms with Crippen molar-refractivity contribution in [2.24, 2.45) is 21.7 Å². The molecule has 8 heteroatoms. The molecule has 8 nitrogen and oxygen atoms in total. The van der Waals surface area contributed by atoms with Crippen molar-refractivity contribution in [3.63, 3.8) is 0 Å². The number of benzene rings is 1. The van der Waals surface area contributed by atoms with Gasteiger partial charge in [-0.15, -0.1) is 0 Å². The van der Waals surface area contributed by atoms with E-state index in [2.05, 4.69) is 15.6 Å². The summed E-state index contributed by atoms with van der Waals surface area (Å²) in [4.78, 5) is 21.1. The largest absolute Gasteiger partial charge is 0.350 e. The predicted octanol–water partition coefficient (Wildman–Crippen LogP) is 0.0215. The second kappa shape index (κ2) is 6.74. The summed E-state index contributed by atoms with van der Waals surface area (Å²) >= 11 is 0. The molecule has 0 atom stereocenters. The molecule has 0 bridgehead atoms. The predicted molar refractivity (Wildman–Crippen MR) is 71.6 cm³/mol. The molecule has 0 aliphatic carbocycles. The first kappa shape index (κ1) is 14.2. The van der Waals surface area contributed by atoms with E-state index in [9.17, 15) is 9.59 Å². The van der Waals surface area contributed by atoms with Crippen molar-refractivity contribution < 1.29 is 9.59 Å². The summed E-state index contributed by atoms with van der Waals surface area (Å²) in [7, 11) is 0. The molecular weight excluding hydrogens is 248 g/mol. The van der Waals surface area contributed by atoms with Crippen LogP contribution in [-0.2, 0) is 0 Å². The van der Waals surface area contributed by atoms with E-state index in [0.29, 0.717) is 11.3 Å². The van der Waals surface area contributed by atoms with Gasteiger partial charge in [0.1, 0.15) is 5.71 Å². The van der Waals surface area contributed by atoms with E-state index in [4.69, 9.17) is 11.5 Å². The Bertz CT molecular complexity index is 520. The van der Waals surface area contributed by atoms with Crippen LogP contribution in [0.4, 0.5) is 9.59 Å². The minimum atomic E-state index is -0.805. The van der Waals surface area contributed by atoms with Crippen LogP contribution in [0.1, 0.15) is 11.1 Å². The van der Waals surface area contributed by atoms with E-state index in [-0.39, 0.29) is 0 Å². The van der Waals surface area contributed by atoms with E-state index in [0.717, 1.165) is 5.56 Å². The number of primary amides is 2. The van der Waals surface area contributed by atoms with Crippen molar-refractivity contribution in [3.8, 4) is 0 Å². The maximum atomic E-state index is 10.6. The molecular formula is C11H14N6O2. The molecule has 0 radical (unpaired) electrons. The molecule has 0 aliphatic rings. The zero-order valence-electron chi connectivity index (χ0n) is 10.3. The summed E-state index contributed by atoms with van der Waals surface area (Å²) in [5.74, 6) is 0. The van der Waals surface area contributed by atoms with Gasteiger partial charge in [-0.05, 0) is 6.92 Å². The van der Waals surface area contributed by atoms with Crippen LogP contribution >= 0.6 is 0 Å². The van der Waals surface area contributed by atoms with Gasteiger partial charge >= 0.3 is 12.1 Å². The Morgan fingerprint density at radius 1 is 1.11 bits per heavy atom. The average molecular weight is 262 g/mol. The fourth-order valence-electron chi connectivity index (χ4n) is 1.16. The van der Waals surface area contributed by atoms with Crippen molar-refractivity contribution in [3.05, 3.63) is 35.4 Å². The highest BCUT2D eigenvalue weighted by Gasteiger charge is 2.02. The average Bonchev–Trinajstić information content (AvgIpc) is 2.34. The molecule has 0 heterocycles. The number of rotatable bonds is 4. The van der Waals surface area contributed by atoms with Crippen molar-refractivity contribution in [1.29, 1.82) is 0 Å². The summed E-state index contributed by atoms with van der Waals surface area (Å²) in [5.41, 5.74) is 16.0. The number of hydrogen-bond acceptors (Lipinski definition) is 4. The summed E-state index contributed by atoms with van der Waals surface area (Å²) in [6.07, 6.45) is 1.24. The number of amides is 4. The molecule has 0 saturated carbocycles. The van der Waals surface area contributed by atoms with Crippen molar-refractivity contribution >= 4 is 24.0 Å². The van der Waals surface area contributed by atoms with Crippen molar-refractivity contribution in [2.75, 3.05) is 0 Å². The fourth-order valence-corrected chi connectivity index (χ4v) is 1.16. The topological polar surface area (TPSA) is 135 Å². The molecule has 1 aromatic rings. The lowest BCUT2D eigenvalue weighted by molar-refractivity contribution is 0.248. The molecule has 0 aromatic heterocycles. The fraction of sp³-hybridized carbons (Fsp3) is 0.0909. The molecule has 6 N–H and O–H groups in total.